The molecule has 17 heavy (non-hydrogen) atoms. The predicted octanol–water partition coefficient (Wildman–Crippen LogP) is 2.59. The minimum Gasteiger partial charge on any atom is -0.462 e. The average molecular weight is 300 g/mol. The molecule has 1 aromatic carbocycles. The summed E-state index contributed by atoms with van der Waals surface area (Å²) >= 11 is 3.17. The van der Waals surface area contributed by atoms with Crippen LogP contribution in [0.15, 0.2) is 24.3 Å². The fraction of sp³-hybridized carbons (Fsp3) is 0.333. The van der Waals surface area contributed by atoms with Crippen LogP contribution in [0, 0.1) is 0 Å². The number of halogens is 1. The van der Waals surface area contributed by atoms with E-state index in [0.29, 0.717) is 17.9 Å². The number of ether oxygens (including phenoxy) is 1. The maximum Gasteiger partial charge on any atom is 0.338 e. The van der Waals surface area contributed by atoms with Gasteiger partial charge in [0.15, 0.2) is 0 Å². The van der Waals surface area contributed by atoms with Crippen LogP contribution < -0.4 is 5.32 Å². The van der Waals surface area contributed by atoms with E-state index in [1.54, 1.807) is 38.1 Å². The van der Waals surface area contributed by atoms with Gasteiger partial charge in [0.1, 0.15) is 0 Å². The second kappa shape index (κ2) is 6.39. The fourth-order valence-corrected chi connectivity index (χ4v) is 1.26. The van der Waals surface area contributed by atoms with Gasteiger partial charge < -0.3 is 10.1 Å². The van der Waals surface area contributed by atoms with Crippen LogP contribution in [0.3, 0.4) is 0 Å². The van der Waals surface area contributed by atoms with E-state index in [1.807, 2.05) is 0 Å². The van der Waals surface area contributed by atoms with Crippen LogP contribution in [0.5, 0.6) is 0 Å². The van der Waals surface area contributed by atoms with E-state index in [1.165, 1.54) is 0 Å². The number of rotatable bonds is 4. The maximum absolute atomic E-state index is 11.4. The molecule has 92 valence electrons. The molecule has 0 aliphatic carbocycles. The highest BCUT2D eigenvalue weighted by atomic mass is 79.9. The molecule has 1 amide bonds. The van der Waals surface area contributed by atoms with Gasteiger partial charge >= 0.3 is 5.97 Å². The number of anilines is 1. The Bertz CT molecular complexity index is 401. The van der Waals surface area contributed by atoms with Crippen LogP contribution >= 0.6 is 15.9 Å². The normalized spacial score (nSPS) is 11.7. The van der Waals surface area contributed by atoms with E-state index < -0.39 is 0 Å². The van der Waals surface area contributed by atoms with E-state index in [0.717, 1.165) is 0 Å². The lowest BCUT2D eigenvalue weighted by atomic mass is 10.2. The van der Waals surface area contributed by atoms with Crippen molar-refractivity contribution in [1.82, 2.24) is 0 Å². The highest BCUT2D eigenvalue weighted by Gasteiger charge is 2.10. The van der Waals surface area contributed by atoms with E-state index in [2.05, 4.69) is 21.2 Å². The van der Waals surface area contributed by atoms with Crippen molar-refractivity contribution in [1.29, 1.82) is 0 Å². The summed E-state index contributed by atoms with van der Waals surface area (Å²) in [7, 11) is 0. The minimum atomic E-state index is -0.362. The second-order valence-electron chi connectivity index (χ2n) is 3.40. The van der Waals surface area contributed by atoms with Crippen molar-refractivity contribution in [3.8, 4) is 0 Å². The first-order chi connectivity index (χ1) is 8.04. The molecule has 1 unspecified atom stereocenters. The molecule has 0 saturated heterocycles. The van der Waals surface area contributed by atoms with Gasteiger partial charge in [-0.2, -0.15) is 0 Å². The number of benzene rings is 1. The molecule has 0 saturated carbocycles. The second-order valence-corrected chi connectivity index (χ2v) is 4.78. The highest BCUT2D eigenvalue weighted by molar-refractivity contribution is 9.10. The average Bonchev–Trinajstić information content (AvgIpc) is 2.30. The Labute approximate surface area is 108 Å². The van der Waals surface area contributed by atoms with Crippen LogP contribution in [0.25, 0.3) is 0 Å². The van der Waals surface area contributed by atoms with Gasteiger partial charge in [0.25, 0.3) is 0 Å². The van der Waals surface area contributed by atoms with Crippen LogP contribution in [0.2, 0.25) is 0 Å². The topological polar surface area (TPSA) is 55.4 Å². The first kappa shape index (κ1) is 13.7. The van der Waals surface area contributed by atoms with Crippen LogP contribution in [0.1, 0.15) is 24.2 Å². The number of esters is 1. The van der Waals surface area contributed by atoms with E-state index in [4.69, 9.17) is 4.74 Å². The van der Waals surface area contributed by atoms with E-state index in [-0.39, 0.29) is 16.7 Å². The number of amides is 1. The third-order valence-electron chi connectivity index (χ3n) is 2.02. The van der Waals surface area contributed by atoms with Crippen molar-refractivity contribution in [3.05, 3.63) is 29.8 Å². The lowest BCUT2D eigenvalue weighted by Crippen LogP contribution is -2.19. The van der Waals surface area contributed by atoms with Gasteiger partial charge in [0.05, 0.1) is 17.0 Å². The van der Waals surface area contributed by atoms with Crippen LogP contribution in [-0.4, -0.2) is 23.3 Å². The van der Waals surface area contributed by atoms with Gasteiger partial charge in [-0.3, -0.25) is 4.79 Å². The Kier molecular flexibility index (Phi) is 5.15. The quantitative estimate of drug-likeness (QED) is 0.687. The summed E-state index contributed by atoms with van der Waals surface area (Å²) in [5.41, 5.74) is 1.12. The minimum absolute atomic E-state index is 0.131. The first-order valence-electron chi connectivity index (χ1n) is 5.26. The molecule has 0 aliphatic rings. The summed E-state index contributed by atoms with van der Waals surface area (Å²) in [6.45, 7) is 3.84. The molecule has 1 atom stereocenters. The Hall–Kier alpha value is -1.36. The lowest BCUT2D eigenvalue weighted by molar-refractivity contribution is -0.115. The van der Waals surface area contributed by atoms with E-state index in [9.17, 15) is 9.59 Å². The third kappa shape index (κ3) is 4.19. The van der Waals surface area contributed by atoms with Crippen molar-refractivity contribution in [3.63, 3.8) is 0 Å². The molecule has 0 aromatic heterocycles. The molecule has 0 spiro atoms. The number of alkyl halides is 1. The van der Waals surface area contributed by atoms with Gasteiger partial charge in [-0.15, -0.1) is 0 Å². The summed E-state index contributed by atoms with van der Waals surface area (Å²) in [6, 6.07) is 6.57. The molecular weight excluding hydrogens is 286 g/mol. The van der Waals surface area contributed by atoms with Gasteiger partial charge in [0.2, 0.25) is 5.91 Å². The molecule has 0 fully saturated rings. The van der Waals surface area contributed by atoms with Crippen molar-refractivity contribution < 1.29 is 14.3 Å². The number of nitrogens with one attached hydrogen (secondary N) is 1. The monoisotopic (exact) mass is 299 g/mol. The first-order valence-corrected chi connectivity index (χ1v) is 6.18. The molecule has 0 bridgehead atoms. The molecular formula is C12H14BrNO3. The van der Waals surface area contributed by atoms with E-state index >= 15 is 0 Å². The molecule has 0 aliphatic heterocycles. The number of carbonyl (C=O) groups is 2. The van der Waals surface area contributed by atoms with Crippen molar-refractivity contribution in [2.45, 2.75) is 18.7 Å². The Morgan fingerprint density at radius 2 is 1.94 bits per heavy atom. The van der Waals surface area contributed by atoms with Crippen molar-refractivity contribution in [2.75, 3.05) is 11.9 Å². The maximum atomic E-state index is 11.4. The van der Waals surface area contributed by atoms with Gasteiger partial charge in [-0.1, -0.05) is 15.9 Å². The molecule has 4 nitrogen and oxygen atoms in total. The Morgan fingerprint density at radius 3 is 2.41 bits per heavy atom. The smallest absolute Gasteiger partial charge is 0.338 e. The summed E-state index contributed by atoms with van der Waals surface area (Å²) in [5.74, 6) is -0.492. The van der Waals surface area contributed by atoms with Gasteiger partial charge in [0, 0.05) is 5.69 Å². The summed E-state index contributed by atoms with van der Waals surface area (Å²) in [5, 5.41) is 2.70. The summed E-state index contributed by atoms with van der Waals surface area (Å²) < 4.78 is 4.85. The van der Waals surface area contributed by atoms with Crippen molar-refractivity contribution >= 4 is 33.5 Å². The van der Waals surface area contributed by atoms with Crippen LogP contribution in [-0.2, 0) is 9.53 Å². The number of hydrogen-bond donors (Lipinski definition) is 1. The predicted molar refractivity (Wildman–Crippen MR) is 69.4 cm³/mol. The molecule has 5 heteroatoms. The zero-order chi connectivity index (χ0) is 12.8. The van der Waals surface area contributed by atoms with Gasteiger partial charge in [-0.25, -0.2) is 4.79 Å². The SMILES string of the molecule is CCOC(=O)c1ccc(NC(=O)C(C)Br)cc1. The summed E-state index contributed by atoms with van der Waals surface area (Å²) in [6.07, 6.45) is 0. The zero-order valence-electron chi connectivity index (χ0n) is 9.70. The number of hydrogen-bond acceptors (Lipinski definition) is 3. The highest BCUT2D eigenvalue weighted by Crippen LogP contribution is 2.12. The molecule has 1 rings (SSSR count). The van der Waals surface area contributed by atoms with Gasteiger partial charge in [-0.05, 0) is 38.1 Å². The summed E-state index contributed by atoms with van der Waals surface area (Å²) in [4.78, 5) is 22.5. The Balaban J connectivity index is 2.68. The molecule has 1 N–H and O–H groups in total. The molecule has 0 heterocycles. The largest absolute Gasteiger partial charge is 0.462 e. The van der Waals surface area contributed by atoms with Crippen LogP contribution in [0.4, 0.5) is 5.69 Å². The molecule has 1 aromatic rings. The standard InChI is InChI=1S/C12H14BrNO3/c1-3-17-12(16)9-4-6-10(7-5-9)14-11(15)8(2)13/h4-8H,3H2,1-2H3,(H,14,15). The van der Waals surface area contributed by atoms with Crippen molar-refractivity contribution in [2.24, 2.45) is 0 Å². The fourth-order valence-electron chi connectivity index (χ4n) is 1.15. The zero-order valence-corrected chi connectivity index (χ0v) is 11.3. The lowest BCUT2D eigenvalue weighted by Gasteiger charge is -2.07. The molecule has 0 radical (unpaired) electrons. The Morgan fingerprint density at radius 1 is 1.35 bits per heavy atom. The number of carbonyl (C=O) groups excluding carboxylic acids is 2. The third-order valence-corrected chi connectivity index (χ3v) is 2.44.